The third-order valence-corrected chi connectivity index (χ3v) is 14.5. The molecular formula is C63H49Cl3F6N12O. The number of anilines is 3. The lowest BCUT2D eigenvalue weighted by molar-refractivity contribution is -0.142. The molecule has 12 rings (SSSR count). The second-order valence-electron chi connectivity index (χ2n) is 19.5. The van der Waals surface area contributed by atoms with Crippen molar-refractivity contribution in [3.8, 4) is 34.2 Å². The van der Waals surface area contributed by atoms with Crippen LogP contribution in [0.4, 0.5) is 43.4 Å². The monoisotopic (exact) mass is 1210 g/mol. The Morgan fingerprint density at radius 3 is 1.21 bits per heavy atom. The average Bonchev–Trinajstić information content (AvgIpc) is 4.19. The number of hydrogen-bond acceptors (Lipinski definition) is 9. The summed E-state index contributed by atoms with van der Waals surface area (Å²) in [7, 11) is 0. The highest BCUT2D eigenvalue weighted by Gasteiger charge is 2.34. The molecule has 13 nitrogen and oxygen atoms in total. The summed E-state index contributed by atoms with van der Waals surface area (Å²) in [4.78, 5) is 47.7. The predicted octanol–water partition coefficient (Wildman–Crippen LogP) is 17.6. The standard InChI is InChI=1S/C21H14ClF3N4O.C21H16ClF3N4.C21H19ClN4/c1-11-13(7-9-18(26-11)21(23,24)25)20(30)27-12-6-8-15(22)14(10-12)19-28-16-4-2-3-5-17(16)29-19;1-12-13(6-9-19(27-12)21(23,24)25)11-26-14-7-8-16(22)15(10-14)20-28-17-4-2-3-5-18(17)29-20;1-13-7-8-15(14(2)24-13)12-23-16-9-10-18(22)17(11-16)21-25-19-5-3-4-6-20(19)26-21/h2-10H,1H3,(H,27,30)(H,28,29);2-10,26H,11H2,1H3,(H,28,29);3-11,23H,12H2,1-2H3,(H,25,26). The van der Waals surface area contributed by atoms with Gasteiger partial charge in [0.1, 0.15) is 28.9 Å². The molecule has 22 heteroatoms. The Hall–Kier alpha value is -9.30. The van der Waals surface area contributed by atoms with E-state index < -0.39 is 29.6 Å². The third-order valence-electron chi connectivity index (χ3n) is 13.5. The van der Waals surface area contributed by atoms with Gasteiger partial charge in [-0.15, -0.1) is 0 Å². The summed E-state index contributed by atoms with van der Waals surface area (Å²) in [6.45, 7) is 7.99. The second-order valence-corrected chi connectivity index (χ2v) is 20.7. The number of aromatic nitrogens is 9. The van der Waals surface area contributed by atoms with E-state index in [1.54, 1.807) is 37.3 Å². The molecule has 85 heavy (non-hydrogen) atoms. The van der Waals surface area contributed by atoms with Gasteiger partial charge in [0.2, 0.25) is 0 Å². The average molecular weight is 1210 g/mol. The molecule has 6 aromatic heterocycles. The fourth-order valence-corrected chi connectivity index (χ4v) is 9.67. The summed E-state index contributed by atoms with van der Waals surface area (Å²) < 4.78 is 76.7. The predicted molar refractivity (Wildman–Crippen MR) is 324 cm³/mol. The summed E-state index contributed by atoms with van der Waals surface area (Å²) in [6.07, 6.45) is -9.02. The largest absolute Gasteiger partial charge is 0.433 e. The van der Waals surface area contributed by atoms with Gasteiger partial charge >= 0.3 is 12.4 Å². The van der Waals surface area contributed by atoms with Crippen LogP contribution < -0.4 is 16.0 Å². The molecule has 0 radical (unpaired) electrons. The fourth-order valence-electron chi connectivity index (χ4n) is 9.05. The van der Waals surface area contributed by atoms with Crippen LogP contribution in [-0.2, 0) is 25.4 Å². The molecule has 0 fully saturated rings. The molecule has 0 atom stereocenters. The first kappa shape index (κ1) is 58.9. The summed E-state index contributed by atoms with van der Waals surface area (Å²) >= 11 is 19.1. The first-order chi connectivity index (χ1) is 40.6. The number of aromatic amines is 3. The number of carbonyl (C=O) groups excluding carboxylic acids is 1. The minimum absolute atomic E-state index is 0.0196. The zero-order chi connectivity index (χ0) is 60.2. The molecule has 6 aromatic carbocycles. The number of alkyl halides is 6. The van der Waals surface area contributed by atoms with Gasteiger partial charge in [-0.3, -0.25) is 9.78 Å². The van der Waals surface area contributed by atoms with Crippen LogP contribution in [-0.4, -0.2) is 50.8 Å². The maximum absolute atomic E-state index is 12.8. The Morgan fingerprint density at radius 2 is 0.812 bits per heavy atom. The topological polar surface area (TPSA) is 178 Å². The van der Waals surface area contributed by atoms with E-state index in [-0.39, 0.29) is 11.3 Å². The number of para-hydroxylation sites is 6. The molecule has 0 unspecified atom stereocenters. The van der Waals surface area contributed by atoms with Gasteiger partial charge in [0, 0.05) is 63.9 Å². The Bertz CT molecular complexity index is 4330. The minimum atomic E-state index is -4.57. The van der Waals surface area contributed by atoms with E-state index in [2.05, 4.69) is 66.9 Å². The summed E-state index contributed by atoms with van der Waals surface area (Å²) in [5.41, 5.74) is 12.0. The third kappa shape index (κ3) is 14.0. The normalized spacial score (nSPS) is 11.5. The maximum Gasteiger partial charge on any atom is 0.433 e. The molecule has 0 saturated heterocycles. The Kier molecular flexibility index (Phi) is 17.2. The molecule has 0 aliphatic rings. The molecule has 430 valence electrons. The van der Waals surface area contributed by atoms with Gasteiger partial charge in [0.05, 0.1) is 59.4 Å². The summed E-state index contributed by atoms with van der Waals surface area (Å²) in [6, 6.07) is 47.7. The van der Waals surface area contributed by atoms with Crippen LogP contribution >= 0.6 is 34.8 Å². The van der Waals surface area contributed by atoms with E-state index >= 15 is 0 Å². The number of imidazole rings is 3. The Morgan fingerprint density at radius 1 is 0.435 bits per heavy atom. The van der Waals surface area contributed by atoms with Gasteiger partial charge in [-0.2, -0.15) is 26.3 Å². The van der Waals surface area contributed by atoms with Gasteiger partial charge in [-0.1, -0.05) is 83.3 Å². The van der Waals surface area contributed by atoms with E-state index in [1.165, 1.54) is 18.6 Å². The van der Waals surface area contributed by atoms with Gasteiger partial charge < -0.3 is 30.9 Å². The van der Waals surface area contributed by atoms with Crippen molar-refractivity contribution in [1.82, 2.24) is 44.9 Å². The lowest BCUT2D eigenvalue weighted by Gasteiger charge is -2.12. The lowest BCUT2D eigenvalue weighted by atomic mass is 10.1. The molecule has 0 aliphatic heterocycles. The van der Waals surface area contributed by atoms with Crippen LogP contribution in [0.5, 0.6) is 0 Å². The number of H-pyrrole nitrogens is 3. The number of rotatable bonds is 11. The minimum Gasteiger partial charge on any atom is -0.381 e. The van der Waals surface area contributed by atoms with Crippen molar-refractivity contribution in [2.75, 3.05) is 16.0 Å². The van der Waals surface area contributed by atoms with Crippen molar-refractivity contribution in [2.45, 2.75) is 53.1 Å². The highest BCUT2D eigenvalue weighted by atomic mass is 35.5. The molecule has 12 aromatic rings. The number of amides is 1. The number of pyridine rings is 3. The van der Waals surface area contributed by atoms with Crippen LogP contribution in [0.25, 0.3) is 67.3 Å². The lowest BCUT2D eigenvalue weighted by Crippen LogP contribution is -2.16. The SMILES string of the molecule is Cc1ccc(CNc2ccc(Cl)c(-c3nc4ccccc4[nH]3)c2)c(C)n1.Cc1nc(C(F)(F)F)ccc1C(=O)Nc1ccc(Cl)c(-c2nc3ccccc3[nH]2)c1.Cc1nc(C(F)(F)F)ccc1CNc1ccc(Cl)c(-c2nc3ccccc3[nH]2)c1. The van der Waals surface area contributed by atoms with Crippen molar-refractivity contribution >= 4 is 90.9 Å². The summed E-state index contributed by atoms with van der Waals surface area (Å²) in [5, 5.41) is 11.0. The van der Waals surface area contributed by atoms with Crippen molar-refractivity contribution in [1.29, 1.82) is 0 Å². The maximum atomic E-state index is 12.8. The number of aryl methyl sites for hydroxylation is 4. The van der Waals surface area contributed by atoms with Gasteiger partial charge in [-0.25, -0.2) is 24.9 Å². The highest BCUT2D eigenvalue weighted by Crippen LogP contribution is 2.35. The Balaban J connectivity index is 0.000000142. The first-order valence-electron chi connectivity index (χ1n) is 26.2. The number of halogens is 9. The highest BCUT2D eigenvalue weighted by molar-refractivity contribution is 6.34. The first-order valence-corrected chi connectivity index (χ1v) is 27.3. The molecular weight excluding hydrogens is 1160 g/mol. The molecule has 0 bridgehead atoms. The molecule has 1 amide bonds. The van der Waals surface area contributed by atoms with Crippen molar-refractivity contribution in [2.24, 2.45) is 0 Å². The fraction of sp³-hybridized carbons (Fsp3) is 0.127. The van der Waals surface area contributed by atoms with E-state index in [0.29, 0.717) is 62.3 Å². The van der Waals surface area contributed by atoms with Gasteiger partial charge in [0.25, 0.3) is 5.91 Å². The molecule has 0 saturated carbocycles. The van der Waals surface area contributed by atoms with Crippen LogP contribution in [0.2, 0.25) is 15.1 Å². The summed E-state index contributed by atoms with van der Waals surface area (Å²) in [5.74, 6) is 1.37. The molecule has 0 spiro atoms. The number of fused-ring (bicyclic) bond motifs is 3. The quantitative estimate of drug-likeness (QED) is 0.0688. The molecule has 0 aliphatic carbocycles. The van der Waals surface area contributed by atoms with Crippen LogP contribution in [0.3, 0.4) is 0 Å². The van der Waals surface area contributed by atoms with Crippen molar-refractivity contribution < 1.29 is 31.1 Å². The van der Waals surface area contributed by atoms with E-state index in [4.69, 9.17) is 34.8 Å². The second kappa shape index (κ2) is 24.9. The Labute approximate surface area is 497 Å². The number of nitrogens with one attached hydrogen (secondary N) is 6. The van der Waals surface area contributed by atoms with E-state index in [0.717, 1.165) is 91.0 Å². The van der Waals surface area contributed by atoms with E-state index in [1.807, 2.05) is 117 Å². The number of nitrogens with zero attached hydrogens (tertiary/aromatic N) is 6. The number of hydrogen-bond donors (Lipinski definition) is 6. The smallest absolute Gasteiger partial charge is 0.381 e. The number of carbonyl (C=O) groups is 1. The van der Waals surface area contributed by atoms with Crippen LogP contribution in [0, 0.1) is 27.7 Å². The molecule has 6 N–H and O–H groups in total. The number of benzene rings is 6. The van der Waals surface area contributed by atoms with Crippen LogP contribution in [0.15, 0.2) is 164 Å². The van der Waals surface area contributed by atoms with Crippen LogP contribution in [0.1, 0.15) is 55.6 Å². The van der Waals surface area contributed by atoms with Gasteiger partial charge in [0.15, 0.2) is 0 Å². The van der Waals surface area contributed by atoms with Crippen molar-refractivity contribution in [3.05, 3.63) is 230 Å². The zero-order valence-corrected chi connectivity index (χ0v) is 47.8. The zero-order valence-electron chi connectivity index (χ0n) is 45.5. The van der Waals surface area contributed by atoms with Gasteiger partial charge in [-0.05, 0) is 154 Å². The van der Waals surface area contributed by atoms with Crippen molar-refractivity contribution in [3.63, 3.8) is 0 Å². The molecule has 6 heterocycles. The van der Waals surface area contributed by atoms with E-state index in [9.17, 15) is 31.1 Å².